The molecule has 0 amide bonds. The molecule has 7 rings (SSSR count). The molecule has 3 unspecified atom stereocenters. The van der Waals surface area contributed by atoms with E-state index in [1.807, 2.05) is 65.2 Å². The fraction of sp³-hybridized carbons (Fsp3) is 0.423. The lowest BCUT2D eigenvalue weighted by Gasteiger charge is -2.39. The van der Waals surface area contributed by atoms with Crippen LogP contribution in [0.15, 0.2) is 122 Å². The van der Waals surface area contributed by atoms with Crippen LogP contribution in [-0.2, 0) is 35.5 Å². The Morgan fingerprint density at radius 1 is 0.821 bits per heavy atom. The maximum absolute atomic E-state index is 9.62. The fourth-order valence-electron chi connectivity index (χ4n) is 8.36. The van der Waals surface area contributed by atoms with Gasteiger partial charge in [-0.15, -0.1) is 0 Å². The highest BCUT2D eigenvalue weighted by Crippen LogP contribution is 2.52. The molecule has 2 aromatic heterocycles. The number of nitrogens with zero attached hydrogens (tertiary/aromatic N) is 6. The molecule has 1 aliphatic heterocycles. The molecule has 1 fully saturated rings. The van der Waals surface area contributed by atoms with Crippen LogP contribution in [0.3, 0.4) is 0 Å². The van der Waals surface area contributed by atoms with Gasteiger partial charge in [0.05, 0.1) is 52.4 Å². The SMILES string of the molecule is COc1ccc(C(OCC2O[C@@H](n3cnc4c(OCC[Si](C)(C)C)ncnc43)[C@@H](OCc3ccccc3)[C@@H]2OP(OCCC#N)N(C(C)C)C(C)C)(c2ccccc2)c2ccc(C)cc2)cc1. The number of aryl methyl sites for hydroxylation is 1. The third kappa shape index (κ3) is 12.0. The van der Waals surface area contributed by atoms with Crippen LogP contribution in [0.25, 0.3) is 11.2 Å². The van der Waals surface area contributed by atoms with Gasteiger partial charge in [-0.2, -0.15) is 10.2 Å². The van der Waals surface area contributed by atoms with Gasteiger partial charge in [0.15, 0.2) is 17.4 Å². The summed E-state index contributed by atoms with van der Waals surface area (Å²) in [6.07, 6.45) is 0.376. The molecule has 0 spiro atoms. The van der Waals surface area contributed by atoms with Crippen molar-refractivity contribution in [3.05, 3.63) is 150 Å². The minimum absolute atomic E-state index is 0.0423. The van der Waals surface area contributed by atoms with Crippen LogP contribution in [0.1, 0.15) is 68.2 Å². The van der Waals surface area contributed by atoms with Gasteiger partial charge in [0.25, 0.3) is 8.53 Å². The first-order valence-electron chi connectivity index (χ1n) is 23.1. The number of nitriles is 1. The summed E-state index contributed by atoms with van der Waals surface area (Å²) in [4.78, 5) is 14.1. The van der Waals surface area contributed by atoms with Crippen LogP contribution in [0.2, 0.25) is 25.7 Å². The number of benzene rings is 4. The Balaban J connectivity index is 1.37. The van der Waals surface area contributed by atoms with E-state index < -0.39 is 46.7 Å². The predicted octanol–water partition coefficient (Wildman–Crippen LogP) is 11.0. The van der Waals surface area contributed by atoms with Crippen LogP contribution in [0, 0.1) is 18.3 Å². The number of rotatable bonds is 23. The van der Waals surface area contributed by atoms with Gasteiger partial charge in [0, 0.05) is 20.2 Å². The van der Waals surface area contributed by atoms with Gasteiger partial charge in [-0.3, -0.25) is 4.57 Å². The van der Waals surface area contributed by atoms with Crippen molar-refractivity contribution in [2.75, 3.05) is 26.9 Å². The molecule has 6 atom stereocenters. The van der Waals surface area contributed by atoms with E-state index in [0.717, 1.165) is 39.6 Å². The number of fused-ring (bicyclic) bond motifs is 1. The number of ether oxygens (including phenoxy) is 5. The lowest BCUT2D eigenvalue weighted by atomic mass is 9.79. The van der Waals surface area contributed by atoms with Crippen molar-refractivity contribution in [3.63, 3.8) is 0 Å². The molecule has 67 heavy (non-hydrogen) atoms. The second-order valence-corrected chi connectivity index (χ2v) is 25.6. The molecular weight excluding hydrogens is 880 g/mol. The summed E-state index contributed by atoms with van der Waals surface area (Å²) >= 11 is 0. The molecule has 15 heteroatoms. The smallest absolute Gasteiger partial charge is 0.259 e. The Labute approximate surface area is 398 Å². The average molecular weight is 945 g/mol. The summed E-state index contributed by atoms with van der Waals surface area (Å²) in [7, 11) is -1.49. The maximum atomic E-state index is 9.62. The predicted molar refractivity (Wildman–Crippen MR) is 264 cm³/mol. The summed E-state index contributed by atoms with van der Waals surface area (Å²) in [6.45, 7) is 18.5. The lowest BCUT2D eigenvalue weighted by molar-refractivity contribution is -0.0963. The fourth-order valence-corrected chi connectivity index (χ4v) is 10.8. The molecule has 4 aromatic carbocycles. The van der Waals surface area contributed by atoms with Gasteiger partial charge in [-0.05, 0) is 75.0 Å². The van der Waals surface area contributed by atoms with E-state index in [1.165, 1.54) is 6.33 Å². The van der Waals surface area contributed by atoms with Gasteiger partial charge in [0.2, 0.25) is 5.88 Å². The monoisotopic (exact) mass is 944 g/mol. The minimum atomic E-state index is -1.77. The number of imidazole rings is 1. The third-order valence-electron chi connectivity index (χ3n) is 11.7. The molecule has 0 radical (unpaired) electrons. The summed E-state index contributed by atoms with van der Waals surface area (Å²) in [6, 6.07) is 40.0. The van der Waals surface area contributed by atoms with Crippen LogP contribution >= 0.6 is 8.53 Å². The number of hydrogen-bond acceptors (Lipinski definition) is 12. The van der Waals surface area contributed by atoms with Crippen molar-refractivity contribution in [2.45, 2.75) is 116 Å². The Morgan fingerprint density at radius 2 is 1.46 bits per heavy atom. The summed E-state index contributed by atoms with van der Waals surface area (Å²) in [5.41, 5.74) is 4.82. The summed E-state index contributed by atoms with van der Waals surface area (Å²) < 4.78 is 51.8. The van der Waals surface area contributed by atoms with Gasteiger partial charge in [-0.25, -0.2) is 14.6 Å². The average Bonchev–Trinajstić information content (AvgIpc) is 3.90. The van der Waals surface area contributed by atoms with E-state index in [1.54, 1.807) is 13.4 Å². The zero-order chi connectivity index (χ0) is 47.6. The van der Waals surface area contributed by atoms with Crippen molar-refractivity contribution >= 4 is 27.8 Å². The second kappa shape index (κ2) is 22.8. The van der Waals surface area contributed by atoms with Crippen molar-refractivity contribution in [2.24, 2.45) is 0 Å². The zero-order valence-corrected chi connectivity index (χ0v) is 42.1. The highest BCUT2D eigenvalue weighted by atomic mass is 31.2. The standard InChI is InChI=1S/C52H65N6O7PSi/c1-37(2)58(38(3)4)66(63-30-16-29-53)65-47-45(34-62-52(41-19-14-11-15-20-41,42-23-21-39(5)22-24-42)43-25-27-44(59-6)28-26-43)64-51(48(47)61-33-40-17-12-10-13-18-40)57-36-56-46-49(57)54-35-55-50(46)60-31-32-67(7,8)9/h10-15,17-28,35-38,45,47-48,51H,16,30-34H2,1-9H3/t45?,47-,48+,51-,52?,66?/m1/s1. The van der Waals surface area contributed by atoms with Gasteiger partial charge in [-0.1, -0.05) is 122 Å². The molecule has 0 aliphatic carbocycles. The van der Waals surface area contributed by atoms with E-state index >= 15 is 0 Å². The van der Waals surface area contributed by atoms with Gasteiger partial charge >= 0.3 is 0 Å². The molecule has 3 heterocycles. The van der Waals surface area contributed by atoms with Gasteiger partial charge < -0.3 is 32.7 Å². The van der Waals surface area contributed by atoms with E-state index in [0.29, 0.717) is 23.7 Å². The summed E-state index contributed by atoms with van der Waals surface area (Å²) in [5, 5.41) is 9.62. The molecule has 354 valence electrons. The van der Waals surface area contributed by atoms with Crippen molar-refractivity contribution in [3.8, 4) is 17.7 Å². The molecule has 1 aliphatic rings. The highest BCUT2D eigenvalue weighted by molar-refractivity contribution is 7.44. The largest absolute Gasteiger partial charge is 0.497 e. The molecule has 1 saturated heterocycles. The first-order valence-corrected chi connectivity index (χ1v) is 27.9. The maximum Gasteiger partial charge on any atom is 0.259 e. The third-order valence-corrected chi connectivity index (χ3v) is 15.6. The van der Waals surface area contributed by atoms with E-state index in [4.69, 9.17) is 42.7 Å². The van der Waals surface area contributed by atoms with Crippen LogP contribution < -0.4 is 9.47 Å². The van der Waals surface area contributed by atoms with Crippen molar-refractivity contribution in [1.29, 1.82) is 5.26 Å². The Bertz CT molecular complexity index is 2500. The highest BCUT2D eigenvalue weighted by Gasteiger charge is 2.52. The van der Waals surface area contributed by atoms with Crippen molar-refractivity contribution < 1.29 is 32.7 Å². The van der Waals surface area contributed by atoms with E-state index in [2.05, 4.69) is 119 Å². The first kappa shape index (κ1) is 49.8. The molecular formula is C52H65N6O7PSi. The van der Waals surface area contributed by atoms with Crippen LogP contribution in [0.5, 0.6) is 11.6 Å². The molecule has 0 saturated carbocycles. The molecule has 0 bridgehead atoms. The minimum Gasteiger partial charge on any atom is -0.497 e. The van der Waals surface area contributed by atoms with Crippen LogP contribution in [0.4, 0.5) is 0 Å². The normalized spacial score (nSPS) is 18.9. The number of methoxy groups -OCH3 is 1. The molecule has 6 aromatic rings. The molecule has 0 N–H and O–H groups in total. The van der Waals surface area contributed by atoms with E-state index in [-0.39, 0.29) is 38.3 Å². The lowest BCUT2D eigenvalue weighted by Crippen LogP contribution is -2.43. The summed E-state index contributed by atoms with van der Waals surface area (Å²) in [5.74, 6) is 1.15. The van der Waals surface area contributed by atoms with Gasteiger partial charge in [0.1, 0.15) is 36.0 Å². The van der Waals surface area contributed by atoms with E-state index in [9.17, 15) is 5.26 Å². The number of aromatic nitrogens is 4. The first-order chi connectivity index (χ1) is 32.3. The zero-order valence-electron chi connectivity index (χ0n) is 40.2. The van der Waals surface area contributed by atoms with Crippen molar-refractivity contribution in [1.82, 2.24) is 24.2 Å². The topological polar surface area (TPSA) is 135 Å². The Hall–Kier alpha value is -5.07. The quantitative estimate of drug-likeness (QED) is 0.0262. The number of hydrogen-bond donors (Lipinski definition) is 0. The van der Waals surface area contributed by atoms with Crippen LogP contribution in [-0.4, -0.2) is 89.6 Å². The second-order valence-electron chi connectivity index (χ2n) is 18.6. The Morgan fingerprint density at radius 3 is 2.09 bits per heavy atom. The molecule has 13 nitrogen and oxygen atoms in total. The Kier molecular flexibility index (Phi) is 17.0.